The summed E-state index contributed by atoms with van der Waals surface area (Å²) < 4.78 is 10.5. The molecule has 1 unspecified atom stereocenters. The molecule has 0 amide bonds. The Morgan fingerprint density at radius 3 is 2.95 bits per heavy atom. The van der Waals surface area contributed by atoms with Crippen LogP contribution in [0.3, 0.4) is 0 Å². The van der Waals surface area contributed by atoms with Crippen LogP contribution in [-0.4, -0.2) is 17.8 Å². The van der Waals surface area contributed by atoms with E-state index in [4.69, 9.17) is 20.1 Å². The Kier molecular flexibility index (Phi) is 2.13. The maximum atomic E-state index is 11.3. The molecule has 0 bridgehead atoms. The highest BCUT2D eigenvalue weighted by atomic mass is 16.7. The van der Waals surface area contributed by atoms with Gasteiger partial charge in [-0.15, -0.1) is 0 Å². The van der Waals surface area contributed by atoms with Crippen molar-refractivity contribution in [2.75, 3.05) is 5.32 Å². The summed E-state index contributed by atoms with van der Waals surface area (Å²) in [4.78, 5) is 11.3. The third-order valence-electron chi connectivity index (χ3n) is 2.95. The predicted molar refractivity (Wildman–Crippen MR) is 65.9 cm³/mol. The van der Waals surface area contributed by atoms with Crippen molar-refractivity contribution in [2.45, 2.75) is 12.8 Å². The minimum atomic E-state index is -1.59. The van der Waals surface area contributed by atoms with Gasteiger partial charge in [-0.2, -0.15) is 5.26 Å². The number of hydrogen-bond donors (Lipinski definition) is 2. The number of nitriles is 1. The molecule has 2 N–H and O–H groups in total. The molecule has 2 aliphatic heterocycles. The second kappa shape index (κ2) is 3.59. The number of hydrogen-bond acceptors (Lipinski definition) is 6. The molecule has 1 aromatic rings. The zero-order valence-corrected chi connectivity index (χ0v) is 9.98. The molecular formula is C13H9N3O3. The third-order valence-corrected chi connectivity index (χ3v) is 2.95. The number of nitrogens with zero attached hydrogens (tertiary/aromatic N) is 1. The van der Waals surface area contributed by atoms with Crippen LogP contribution in [0.1, 0.15) is 12.5 Å². The molecule has 94 valence electrons. The van der Waals surface area contributed by atoms with E-state index in [1.807, 2.05) is 12.1 Å². The topological polar surface area (TPSA) is 95.2 Å². The highest BCUT2D eigenvalue weighted by molar-refractivity contribution is 6.12. The first-order chi connectivity index (χ1) is 9.07. The number of ether oxygens (including phenoxy) is 2. The Bertz CT molecular complexity index is 687. The van der Waals surface area contributed by atoms with Crippen molar-refractivity contribution in [2.24, 2.45) is 0 Å². The van der Waals surface area contributed by atoms with E-state index in [1.54, 1.807) is 18.2 Å². The number of para-hydroxylation sites is 1. The van der Waals surface area contributed by atoms with Crippen LogP contribution in [0, 0.1) is 16.7 Å². The second-order valence-electron chi connectivity index (χ2n) is 4.17. The summed E-state index contributed by atoms with van der Waals surface area (Å²) in [5, 5.41) is 19.8. The molecule has 0 aliphatic carbocycles. The summed E-state index contributed by atoms with van der Waals surface area (Å²) in [5.74, 6) is -2.46. The molecule has 2 aliphatic rings. The maximum absolute atomic E-state index is 11.3. The van der Waals surface area contributed by atoms with Gasteiger partial charge in [-0.1, -0.05) is 18.2 Å². The number of benzene rings is 1. The number of carbonyl (C=O) groups is 1. The standard InChI is InChI=1S/C13H9N3O3/c1-7(17)18-13-11(9(6-14)12(15)19-13)8-4-2-3-5-10(8)16-13/h2-5,15-16H,1H3. The SMILES string of the molecule is CC(=O)OC12Nc3ccccc3C1=C(C#N)C(=N)O2. The van der Waals surface area contributed by atoms with Crippen LogP contribution in [-0.2, 0) is 14.3 Å². The number of esters is 1. The van der Waals surface area contributed by atoms with Gasteiger partial charge in [0.1, 0.15) is 11.6 Å². The van der Waals surface area contributed by atoms with E-state index in [0.29, 0.717) is 16.8 Å². The molecule has 1 atom stereocenters. The Hall–Kier alpha value is -2.81. The van der Waals surface area contributed by atoms with Gasteiger partial charge in [-0.05, 0) is 6.07 Å². The zero-order valence-electron chi connectivity index (χ0n) is 9.98. The van der Waals surface area contributed by atoms with Gasteiger partial charge >= 0.3 is 11.9 Å². The van der Waals surface area contributed by atoms with E-state index >= 15 is 0 Å². The molecule has 6 heteroatoms. The molecule has 0 saturated heterocycles. The molecule has 3 rings (SSSR count). The first-order valence-electron chi connectivity index (χ1n) is 5.57. The van der Waals surface area contributed by atoms with Crippen molar-refractivity contribution in [1.82, 2.24) is 0 Å². The molecule has 2 heterocycles. The van der Waals surface area contributed by atoms with Crippen LogP contribution in [0.5, 0.6) is 0 Å². The summed E-state index contributed by atoms with van der Waals surface area (Å²) in [7, 11) is 0. The molecule has 0 radical (unpaired) electrons. The first kappa shape index (κ1) is 11.3. The maximum Gasteiger partial charge on any atom is 0.370 e. The van der Waals surface area contributed by atoms with Crippen molar-refractivity contribution in [3.8, 4) is 6.07 Å². The van der Waals surface area contributed by atoms with Gasteiger partial charge in [-0.25, -0.2) is 0 Å². The molecule has 1 aromatic carbocycles. The molecule has 0 spiro atoms. The summed E-state index contributed by atoms with van der Waals surface area (Å²) >= 11 is 0. The highest BCUT2D eigenvalue weighted by Gasteiger charge is 2.55. The quantitative estimate of drug-likeness (QED) is 0.743. The molecule has 0 aromatic heterocycles. The average molecular weight is 255 g/mol. The number of anilines is 1. The number of rotatable bonds is 1. The van der Waals surface area contributed by atoms with Crippen molar-refractivity contribution >= 4 is 23.1 Å². The van der Waals surface area contributed by atoms with E-state index in [-0.39, 0.29) is 11.5 Å². The van der Waals surface area contributed by atoms with E-state index in [1.165, 1.54) is 6.92 Å². The first-order valence-corrected chi connectivity index (χ1v) is 5.57. The Labute approximate surface area is 108 Å². The predicted octanol–water partition coefficient (Wildman–Crippen LogP) is 1.61. The fraction of sp³-hybridized carbons (Fsp3) is 0.154. The van der Waals surface area contributed by atoms with Crippen LogP contribution in [0.4, 0.5) is 5.69 Å². The van der Waals surface area contributed by atoms with E-state index in [2.05, 4.69) is 5.32 Å². The number of fused-ring (bicyclic) bond motifs is 3. The van der Waals surface area contributed by atoms with Gasteiger partial charge in [0, 0.05) is 18.2 Å². The van der Waals surface area contributed by atoms with Crippen LogP contribution in [0.25, 0.3) is 5.57 Å². The van der Waals surface area contributed by atoms with Crippen molar-refractivity contribution in [3.63, 3.8) is 0 Å². The Balaban J connectivity index is 2.25. The number of nitrogens with one attached hydrogen (secondary N) is 2. The molecule has 6 nitrogen and oxygen atoms in total. The smallest absolute Gasteiger partial charge is 0.370 e. The number of carbonyl (C=O) groups excluding carboxylic acids is 1. The Morgan fingerprint density at radius 2 is 2.26 bits per heavy atom. The fourth-order valence-corrected chi connectivity index (χ4v) is 2.32. The molecule has 0 saturated carbocycles. The zero-order chi connectivity index (χ0) is 13.6. The Morgan fingerprint density at radius 1 is 1.53 bits per heavy atom. The summed E-state index contributed by atoms with van der Waals surface area (Å²) in [6, 6.07) is 9.10. The van der Waals surface area contributed by atoms with Crippen LogP contribution >= 0.6 is 0 Å². The van der Waals surface area contributed by atoms with Gasteiger partial charge in [0.25, 0.3) is 0 Å². The molecule has 0 fully saturated rings. The second-order valence-corrected chi connectivity index (χ2v) is 4.17. The normalized spacial score (nSPS) is 23.1. The average Bonchev–Trinajstić information content (AvgIpc) is 2.76. The largest absolute Gasteiger partial charge is 0.413 e. The van der Waals surface area contributed by atoms with E-state index < -0.39 is 11.9 Å². The van der Waals surface area contributed by atoms with E-state index in [0.717, 1.165) is 0 Å². The van der Waals surface area contributed by atoms with Gasteiger partial charge in [0.05, 0.1) is 5.57 Å². The summed E-state index contributed by atoms with van der Waals surface area (Å²) in [5.41, 5.74) is 1.84. The van der Waals surface area contributed by atoms with Crippen molar-refractivity contribution in [1.29, 1.82) is 10.7 Å². The van der Waals surface area contributed by atoms with Gasteiger partial charge in [0.2, 0.25) is 5.90 Å². The summed E-state index contributed by atoms with van der Waals surface area (Å²) in [6.07, 6.45) is 0. The lowest BCUT2D eigenvalue weighted by Gasteiger charge is -2.25. The van der Waals surface area contributed by atoms with Gasteiger partial charge in [0.15, 0.2) is 0 Å². The summed E-state index contributed by atoms with van der Waals surface area (Å²) in [6.45, 7) is 1.24. The lowest BCUT2D eigenvalue weighted by atomic mass is 10.0. The third kappa shape index (κ3) is 1.42. The minimum Gasteiger partial charge on any atom is -0.413 e. The van der Waals surface area contributed by atoms with Gasteiger partial charge in [-0.3, -0.25) is 10.2 Å². The lowest BCUT2D eigenvalue weighted by Crippen LogP contribution is -2.41. The van der Waals surface area contributed by atoms with Crippen LogP contribution in [0.2, 0.25) is 0 Å². The lowest BCUT2D eigenvalue weighted by molar-refractivity contribution is -0.170. The van der Waals surface area contributed by atoms with Crippen molar-refractivity contribution < 1.29 is 14.3 Å². The minimum absolute atomic E-state index is 0.0682. The van der Waals surface area contributed by atoms with Crippen LogP contribution < -0.4 is 5.32 Å². The van der Waals surface area contributed by atoms with Gasteiger partial charge < -0.3 is 14.8 Å². The van der Waals surface area contributed by atoms with Crippen molar-refractivity contribution in [3.05, 3.63) is 35.4 Å². The molecule has 19 heavy (non-hydrogen) atoms. The van der Waals surface area contributed by atoms with E-state index in [9.17, 15) is 4.79 Å². The van der Waals surface area contributed by atoms with Crippen LogP contribution in [0.15, 0.2) is 29.8 Å². The monoisotopic (exact) mass is 255 g/mol. The highest BCUT2D eigenvalue weighted by Crippen LogP contribution is 2.49. The molecular weight excluding hydrogens is 246 g/mol. The fourth-order valence-electron chi connectivity index (χ4n) is 2.32.